The van der Waals surface area contributed by atoms with Gasteiger partial charge in [-0.3, -0.25) is 0 Å². The van der Waals surface area contributed by atoms with E-state index >= 15 is 0 Å². The van der Waals surface area contributed by atoms with Crippen LogP contribution in [0.1, 0.15) is 64.4 Å². The predicted octanol–water partition coefficient (Wildman–Crippen LogP) is 4.25. The molecule has 1 heterocycles. The van der Waals surface area contributed by atoms with Gasteiger partial charge in [-0.05, 0) is 71.6 Å². The van der Waals surface area contributed by atoms with Crippen molar-refractivity contribution in [2.24, 2.45) is 0 Å². The molecule has 3 N–H and O–H groups in total. The number of alkyl carbamates (subject to hydrolysis) is 1. The number of carbonyl (C=O) groups is 2. The normalized spacial score (nSPS) is 17.8. The molecule has 0 radical (unpaired) electrons. The lowest BCUT2D eigenvalue weighted by molar-refractivity contribution is 0.00578. The molecule has 2 rings (SSSR count). The molecule has 0 spiro atoms. The SMILES string of the molecule is COC(=O)c1cc(C=C(CNC(=O)OC(C)(C)C)B2OC(C)(C)C(C)(C)O2)c(Cl)cc1N. The minimum Gasteiger partial charge on any atom is -0.465 e. The molecular formula is C22H32BClN2O6. The molecule has 8 nitrogen and oxygen atoms in total. The largest absolute Gasteiger partial charge is 0.492 e. The number of carbonyl (C=O) groups excluding carboxylic acids is 2. The fourth-order valence-corrected chi connectivity index (χ4v) is 3.11. The monoisotopic (exact) mass is 466 g/mol. The molecule has 1 aromatic carbocycles. The van der Waals surface area contributed by atoms with Gasteiger partial charge in [-0.25, -0.2) is 9.59 Å². The van der Waals surface area contributed by atoms with Crippen molar-refractivity contribution in [3.63, 3.8) is 0 Å². The zero-order valence-corrected chi connectivity index (χ0v) is 20.7. The zero-order chi connectivity index (χ0) is 24.5. The fourth-order valence-electron chi connectivity index (χ4n) is 2.89. The van der Waals surface area contributed by atoms with Crippen LogP contribution in [0.3, 0.4) is 0 Å². The van der Waals surface area contributed by atoms with E-state index in [2.05, 4.69) is 5.32 Å². The summed E-state index contributed by atoms with van der Waals surface area (Å²) in [7, 11) is 0.511. The molecule has 1 amide bonds. The van der Waals surface area contributed by atoms with Crippen LogP contribution in [0.25, 0.3) is 6.08 Å². The second-order valence-corrected chi connectivity index (χ2v) is 10.0. The summed E-state index contributed by atoms with van der Waals surface area (Å²) in [5, 5.41) is 3.04. The Morgan fingerprint density at radius 1 is 1.19 bits per heavy atom. The minimum absolute atomic E-state index is 0.0694. The van der Waals surface area contributed by atoms with Crippen molar-refractivity contribution in [2.45, 2.75) is 65.3 Å². The van der Waals surface area contributed by atoms with Gasteiger partial charge in [0.1, 0.15) is 5.60 Å². The molecule has 0 aliphatic carbocycles. The number of nitrogen functional groups attached to an aromatic ring is 1. The maximum absolute atomic E-state index is 12.2. The Balaban J connectivity index is 2.44. The Kier molecular flexibility index (Phi) is 7.59. The highest BCUT2D eigenvalue weighted by Crippen LogP contribution is 2.39. The van der Waals surface area contributed by atoms with E-state index in [1.165, 1.54) is 19.2 Å². The topological polar surface area (TPSA) is 109 Å². The summed E-state index contributed by atoms with van der Waals surface area (Å²) >= 11 is 6.39. The fraction of sp³-hybridized carbons (Fsp3) is 0.545. The average Bonchev–Trinajstić information content (AvgIpc) is 2.85. The van der Waals surface area contributed by atoms with E-state index in [1.54, 1.807) is 26.8 Å². The average molecular weight is 467 g/mol. The van der Waals surface area contributed by atoms with E-state index in [1.807, 2.05) is 27.7 Å². The van der Waals surface area contributed by atoms with Crippen LogP contribution >= 0.6 is 11.6 Å². The maximum Gasteiger partial charge on any atom is 0.492 e. The van der Waals surface area contributed by atoms with Crippen molar-refractivity contribution in [1.29, 1.82) is 0 Å². The van der Waals surface area contributed by atoms with E-state index in [0.29, 0.717) is 16.1 Å². The van der Waals surface area contributed by atoms with Crippen LogP contribution in [-0.2, 0) is 18.8 Å². The van der Waals surface area contributed by atoms with E-state index in [-0.39, 0.29) is 17.8 Å². The third-order valence-electron chi connectivity index (χ3n) is 5.31. The third kappa shape index (κ3) is 6.18. The molecular weight excluding hydrogens is 435 g/mol. The van der Waals surface area contributed by atoms with Gasteiger partial charge in [0, 0.05) is 17.3 Å². The molecule has 0 aromatic heterocycles. The van der Waals surface area contributed by atoms with Gasteiger partial charge in [-0.1, -0.05) is 17.7 Å². The van der Waals surface area contributed by atoms with Crippen LogP contribution < -0.4 is 11.1 Å². The number of nitrogens with one attached hydrogen (secondary N) is 1. The molecule has 0 unspecified atom stereocenters. The molecule has 10 heteroatoms. The molecule has 1 aliphatic rings. The molecule has 1 saturated heterocycles. The molecule has 0 saturated carbocycles. The quantitative estimate of drug-likeness (QED) is 0.379. The van der Waals surface area contributed by atoms with Crippen LogP contribution in [-0.4, -0.2) is 49.6 Å². The van der Waals surface area contributed by atoms with Crippen molar-refractivity contribution >= 4 is 42.5 Å². The summed E-state index contributed by atoms with van der Waals surface area (Å²) in [6.07, 6.45) is 1.12. The van der Waals surface area contributed by atoms with Crippen LogP contribution in [0.5, 0.6) is 0 Å². The number of nitrogens with two attached hydrogens (primary N) is 1. The van der Waals surface area contributed by atoms with Crippen LogP contribution in [0.2, 0.25) is 5.02 Å². The van der Waals surface area contributed by atoms with Gasteiger partial charge < -0.3 is 29.8 Å². The predicted molar refractivity (Wildman–Crippen MR) is 125 cm³/mol. The summed E-state index contributed by atoms with van der Waals surface area (Å²) in [5.74, 6) is -0.585. The summed E-state index contributed by atoms with van der Waals surface area (Å²) in [4.78, 5) is 24.3. The van der Waals surface area contributed by atoms with Gasteiger partial charge >= 0.3 is 19.2 Å². The van der Waals surface area contributed by atoms with Crippen molar-refractivity contribution in [3.05, 3.63) is 33.8 Å². The number of esters is 1. The molecule has 1 fully saturated rings. The van der Waals surface area contributed by atoms with Gasteiger partial charge in [0.25, 0.3) is 0 Å². The van der Waals surface area contributed by atoms with Gasteiger partial charge in [0.2, 0.25) is 0 Å². The van der Waals surface area contributed by atoms with Gasteiger partial charge in [0.05, 0.1) is 23.9 Å². The molecule has 176 valence electrons. The summed E-state index contributed by atoms with van der Waals surface area (Å²) < 4.78 is 22.4. The number of rotatable bonds is 5. The Labute approximate surface area is 194 Å². The number of hydrogen-bond acceptors (Lipinski definition) is 7. The summed E-state index contributed by atoms with van der Waals surface area (Å²) in [6, 6.07) is 3.00. The number of methoxy groups -OCH3 is 1. The first kappa shape index (κ1) is 26.0. The lowest BCUT2D eigenvalue weighted by atomic mass is 9.77. The number of hydrogen-bond donors (Lipinski definition) is 2. The number of ether oxygens (including phenoxy) is 2. The van der Waals surface area contributed by atoms with Crippen molar-refractivity contribution in [3.8, 4) is 0 Å². The minimum atomic E-state index is -0.759. The first-order valence-corrected chi connectivity index (χ1v) is 10.6. The molecule has 32 heavy (non-hydrogen) atoms. The Hall–Kier alpha value is -2.23. The van der Waals surface area contributed by atoms with E-state index in [4.69, 9.17) is 36.1 Å². The van der Waals surface area contributed by atoms with E-state index in [0.717, 1.165) is 0 Å². The number of benzene rings is 1. The number of amides is 1. The zero-order valence-electron chi connectivity index (χ0n) is 19.9. The highest BCUT2D eigenvalue weighted by Gasteiger charge is 2.52. The maximum atomic E-state index is 12.2. The lowest BCUT2D eigenvalue weighted by Crippen LogP contribution is -2.41. The number of anilines is 1. The second-order valence-electron chi connectivity index (χ2n) is 9.62. The first-order valence-electron chi connectivity index (χ1n) is 10.3. The summed E-state index contributed by atoms with van der Waals surface area (Å²) in [5.41, 5.74) is 5.54. The standard InChI is InChI=1S/C22H32BClN2O6/c1-20(2,3)30-19(28)26-12-14(23-31-21(4,5)22(6,7)32-23)9-13-10-15(18(27)29-8)17(25)11-16(13)24/h9-11H,12,25H2,1-8H3,(H,26,28). The van der Waals surface area contributed by atoms with Gasteiger partial charge in [0.15, 0.2) is 0 Å². The van der Waals surface area contributed by atoms with E-state index < -0.39 is 36.0 Å². The Bertz CT molecular complexity index is 908. The van der Waals surface area contributed by atoms with Crippen molar-refractivity contribution < 1.29 is 28.4 Å². The number of halogens is 1. The summed E-state index contributed by atoms with van der Waals surface area (Å²) in [6.45, 7) is 13.1. The van der Waals surface area contributed by atoms with Gasteiger partial charge in [-0.2, -0.15) is 0 Å². The highest BCUT2D eigenvalue weighted by atomic mass is 35.5. The van der Waals surface area contributed by atoms with E-state index in [9.17, 15) is 9.59 Å². The van der Waals surface area contributed by atoms with Gasteiger partial charge in [-0.15, -0.1) is 0 Å². The van der Waals surface area contributed by atoms with Crippen LogP contribution in [0.4, 0.5) is 10.5 Å². The third-order valence-corrected chi connectivity index (χ3v) is 5.63. The smallest absolute Gasteiger partial charge is 0.465 e. The Morgan fingerprint density at radius 2 is 1.75 bits per heavy atom. The second kappa shape index (κ2) is 9.33. The molecule has 0 atom stereocenters. The van der Waals surface area contributed by atoms with Crippen LogP contribution in [0.15, 0.2) is 17.6 Å². The molecule has 1 aromatic rings. The van der Waals surface area contributed by atoms with Crippen molar-refractivity contribution in [1.82, 2.24) is 5.32 Å². The Morgan fingerprint density at radius 3 is 2.25 bits per heavy atom. The van der Waals surface area contributed by atoms with Crippen molar-refractivity contribution in [2.75, 3.05) is 19.4 Å². The first-order chi connectivity index (χ1) is 14.6. The molecule has 1 aliphatic heterocycles. The highest BCUT2D eigenvalue weighted by molar-refractivity contribution is 6.56. The van der Waals surface area contributed by atoms with Crippen LogP contribution in [0, 0.1) is 0 Å². The lowest BCUT2D eigenvalue weighted by Gasteiger charge is -2.32. The molecule has 0 bridgehead atoms.